The van der Waals surface area contributed by atoms with Crippen LogP contribution in [-0.2, 0) is 6.54 Å². The number of rotatable bonds is 6. The van der Waals surface area contributed by atoms with Gasteiger partial charge in [0.05, 0.1) is 4.88 Å². The molecule has 0 bridgehead atoms. The second-order valence-corrected chi connectivity index (χ2v) is 6.19. The Morgan fingerprint density at radius 3 is 2.18 bits per heavy atom. The molecule has 0 N–H and O–H groups in total. The second-order valence-electron chi connectivity index (χ2n) is 5.14. The minimum atomic E-state index is 0. The molecule has 1 aromatic carbocycles. The maximum absolute atomic E-state index is 12.4. The fraction of sp³-hybridized carbons (Fsp3) is 0.412. The van der Waals surface area contributed by atoms with Gasteiger partial charge < -0.3 is 17.3 Å². The van der Waals surface area contributed by atoms with Crippen LogP contribution in [0.3, 0.4) is 0 Å². The Balaban J connectivity index is 0.00000242. The zero-order chi connectivity index (χ0) is 15.4. The van der Waals surface area contributed by atoms with E-state index in [1.807, 2.05) is 34.3 Å². The topological polar surface area (TPSA) is 24.2 Å². The molecular formula is C17H23ClN2OS. The van der Waals surface area contributed by atoms with Gasteiger partial charge in [0.25, 0.3) is 0 Å². The molecule has 0 fully saturated rings. The van der Waals surface area contributed by atoms with Gasteiger partial charge in [-0.3, -0.25) is 4.79 Å². The molecule has 120 valence electrons. The van der Waals surface area contributed by atoms with E-state index in [1.54, 1.807) is 11.3 Å². The minimum absolute atomic E-state index is 0. The van der Waals surface area contributed by atoms with Crippen LogP contribution in [0.4, 0.5) is 5.69 Å². The first-order valence-corrected chi connectivity index (χ1v) is 8.27. The number of hydrogen-bond donors (Lipinski definition) is 0. The van der Waals surface area contributed by atoms with E-state index in [9.17, 15) is 4.79 Å². The van der Waals surface area contributed by atoms with Gasteiger partial charge in [0, 0.05) is 31.3 Å². The summed E-state index contributed by atoms with van der Waals surface area (Å²) in [6.07, 6.45) is 0. The maximum Gasteiger partial charge on any atom is 0.227 e. The molecule has 0 spiro atoms. The third-order valence-corrected chi connectivity index (χ3v) is 4.94. The zero-order valence-corrected chi connectivity index (χ0v) is 15.2. The van der Waals surface area contributed by atoms with Crippen LogP contribution in [0.15, 0.2) is 29.8 Å². The van der Waals surface area contributed by atoms with E-state index in [0.29, 0.717) is 6.54 Å². The average molecular weight is 339 g/mol. The summed E-state index contributed by atoms with van der Waals surface area (Å²) in [5.41, 5.74) is 5.15. The van der Waals surface area contributed by atoms with Gasteiger partial charge in [-0.1, -0.05) is 11.3 Å². The summed E-state index contributed by atoms with van der Waals surface area (Å²) >= 11 is 1.68. The molecule has 0 saturated heterocycles. The van der Waals surface area contributed by atoms with Crippen LogP contribution in [0, 0.1) is 13.8 Å². The number of Topliss-reactive ketones (excluding diaryl/α,β-unsaturated/α-hetero) is 1. The van der Waals surface area contributed by atoms with Gasteiger partial charge in [0.15, 0.2) is 5.69 Å². The molecule has 2 aromatic rings. The lowest BCUT2D eigenvalue weighted by Gasteiger charge is -2.20. The van der Waals surface area contributed by atoms with E-state index in [1.165, 1.54) is 16.3 Å². The van der Waals surface area contributed by atoms with Gasteiger partial charge in [-0.25, -0.2) is 0 Å². The van der Waals surface area contributed by atoms with E-state index < -0.39 is 0 Å². The first-order chi connectivity index (χ1) is 10.1. The highest BCUT2D eigenvalue weighted by molar-refractivity contribution is 7.09. The van der Waals surface area contributed by atoms with E-state index in [-0.39, 0.29) is 18.2 Å². The average Bonchev–Trinajstić information content (AvgIpc) is 2.81. The molecule has 0 aliphatic rings. The molecule has 1 aromatic heterocycles. The number of aryl methyl sites for hydroxylation is 1. The largest absolute Gasteiger partial charge is 1.00 e. The monoisotopic (exact) mass is 338 g/mol. The Hall–Kier alpha value is -1.39. The minimum Gasteiger partial charge on any atom is -1.00 e. The number of aromatic nitrogens is 1. The number of carbonyl (C=O) groups excluding carboxylic acids is 1. The molecule has 2 rings (SSSR count). The number of halogens is 1. The molecule has 1 heterocycles. The molecule has 0 amide bonds. The fourth-order valence-corrected chi connectivity index (χ4v) is 3.16. The SMILES string of the molecule is CCN(CC)c1ccc(C(=O)C[n+]2csc(C)c2C)cc1.[Cl-]. The number of thiazole rings is 1. The molecular weight excluding hydrogens is 316 g/mol. The molecule has 0 aliphatic heterocycles. The Morgan fingerprint density at radius 2 is 1.73 bits per heavy atom. The quantitative estimate of drug-likeness (QED) is 0.562. The lowest BCUT2D eigenvalue weighted by molar-refractivity contribution is -0.684. The summed E-state index contributed by atoms with van der Waals surface area (Å²) in [5, 5.41) is 0. The third kappa shape index (κ3) is 4.08. The lowest BCUT2D eigenvalue weighted by atomic mass is 10.1. The smallest absolute Gasteiger partial charge is 0.227 e. The van der Waals surface area contributed by atoms with Gasteiger partial charge in [-0.05, 0) is 45.0 Å². The van der Waals surface area contributed by atoms with Crippen LogP contribution >= 0.6 is 11.3 Å². The molecule has 3 nitrogen and oxygen atoms in total. The molecule has 0 unspecified atom stereocenters. The van der Waals surface area contributed by atoms with Crippen molar-refractivity contribution in [1.82, 2.24) is 0 Å². The van der Waals surface area contributed by atoms with Crippen molar-refractivity contribution in [2.45, 2.75) is 34.2 Å². The molecule has 0 saturated carbocycles. The van der Waals surface area contributed by atoms with Crippen molar-refractivity contribution in [3.63, 3.8) is 0 Å². The Kier molecular flexibility index (Phi) is 7.04. The summed E-state index contributed by atoms with van der Waals surface area (Å²) in [6, 6.07) is 7.95. The standard InChI is InChI=1S/C17H23N2OS.ClH/c1-5-18(6-2)16-9-7-15(8-10-16)17(20)11-19-12-21-14(4)13(19)3;/h7-10,12H,5-6,11H2,1-4H3;1H/q+1;/p-1. The number of anilines is 1. The van der Waals surface area contributed by atoms with Crippen molar-refractivity contribution in [2.75, 3.05) is 18.0 Å². The predicted molar refractivity (Wildman–Crippen MR) is 88.3 cm³/mol. The molecule has 0 radical (unpaired) electrons. The fourth-order valence-electron chi connectivity index (χ4n) is 2.36. The van der Waals surface area contributed by atoms with Gasteiger partial charge in [0.1, 0.15) is 0 Å². The third-order valence-electron chi connectivity index (χ3n) is 3.93. The van der Waals surface area contributed by atoms with Crippen LogP contribution in [0.1, 0.15) is 34.8 Å². The Labute approximate surface area is 143 Å². The normalized spacial score (nSPS) is 10.2. The van der Waals surface area contributed by atoms with Gasteiger partial charge in [-0.15, -0.1) is 0 Å². The highest BCUT2D eigenvalue weighted by Crippen LogP contribution is 2.15. The van der Waals surface area contributed by atoms with Crippen LogP contribution in [0.2, 0.25) is 0 Å². The van der Waals surface area contributed by atoms with Crippen molar-refractivity contribution < 1.29 is 21.8 Å². The van der Waals surface area contributed by atoms with Crippen molar-refractivity contribution in [3.8, 4) is 0 Å². The Bertz CT molecular complexity index is 618. The summed E-state index contributed by atoms with van der Waals surface area (Å²) in [5.74, 6) is 0.159. The molecule has 0 atom stereocenters. The van der Waals surface area contributed by atoms with E-state index >= 15 is 0 Å². The highest BCUT2D eigenvalue weighted by atomic mass is 35.5. The van der Waals surface area contributed by atoms with Crippen molar-refractivity contribution in [1.29, 1.82) is 0 Å². The van der Waals surface area contributed by atoms with Crippen molar-refractivity contribution >= 4 is 22.8 Å². The van der Waals surface area contributed by atoms with Gasteiger partial charge >= 0.3 is 0 Å². The van der Waals surface area contributed by atoms with Crippen LogP contribution in [-0.4, -0.2) is 18.9 Å². The van der Waals surface area contributed by atoms with Gasteiger partial charge in [0.2, 0.25) is 17.8 Å². The van der Waals surface area contributed by atoms with Crippen LogP contribution in [0.5, 0.6) is 0 Å². The number of benzene rings is 1. The van der Waals surface area contributed by atoms with Crippen molar-refractivity contribution in [3.05, 3.63) is 45.9 Å². The van der Waals surface area contributed by atoms with Crippen LogP contribution < -0.4 is 21.9 Å². The van der Waals surface area contributed by atoms with Gasteiger partial charge in [-0.2, -0.15) is 4.57 Å². The van der Waals surface area contributed by atoms with Crippen LogP contribution in [0.25, 0.3) is 0 Å². The summed E-state index contributed by atoms with van der Waals surface area (Å²) < 4.78 is 2.03. The molecule has 22 heavy (non-hydrogen) atoms. The number of nitrogens with zero attached hydrogens (tertiary/aromatic N) is 2. The van der Waals surface area contributed by atoms with E-state index in [2.05, 4.69) is 32.6 Å². The summed E-state index contributed by atoms with van der Waals surface area (Å²) in [4.78, 5) is 15.9. The maximum atomic E-state index is 12.4. The predicted octanol–water partition coefficient (Wildman–Crippen LogP) is 0.386. The Morgan fingerprint density at radius 1 is 1.14 bits per heavy atom. The number of hydrogen-bond acceptors (Lipinski definition) is 3. The number of carbonyl (C=O) groups is 1. The highest BCUT2D eigenvalue weighted by Gasteiger charge is 2.17. The molecule has 5 heteroatoms. The van der Waals surface area contributed by atoms with E-state index in [4.69, 9.17) is 0 Å². The first kappa shape index (κ1) is 18.7. The zero-order valence-electron chi connectivity index (χ0n) is 13.6. The van der Waals surface area contributed by atoms with Crippen molar-refractivity contribution in [2.24, 2.45) is 0 Å². The molecule has 0 aliphatic carbocycles. The second kappa shape index (κ2) is 8.30. The summed E-state index contributed by atoms with van der Waals surface area (Å²) in [6.45, 7) is 10.8. The number of ketones is 1. The van der Waals surface area contributed by atoms with E-state index in [0.717, 1.165) is 18.7 Å². The lowest BCUT2D eigenvalue weighted by Crippen LogP contribution is -3.00. The first-order valence-electron chi connectivity index (χ1n) is 7.39. The summed E-state index contributed by atoms with van der Waals surface area (Å²) in [7, 11) is 0.